The van der Waals surface area contributed by atoms with Gasteiger partial charge in [-0.1, -0.05) is 12.8 Å². The predicted molar refractivity (Wildman–Crippen MR) is 54.8 cm³/mol. The molecule has 0 bridgehead atoms. The summed E-state index contributed by atoms with van der Waals surface area (Å²) in [6.07, 6.45) is 5.49. The lowest BCUT2D eigenvalue weighted by Gasteiger charge is -2.17. The molecule has 3 nitrogen and oxygen atoms in total. The molecule has 13 heavy (non-hydrogen) atoms. The second kappa shape index (κ2) is 6.35. The van der Waals surface area contributed by atoms with Gasteiger partial charge in [-0.2, -0.15) is 0 Å². The van der Waals surface area contributed by atoms with Crippen LogP contribution in [-0.4, -0.2) is 49.3 Å². The zero-order valence-corrected chi connectivity index (χ0v) is 8.63. The van der Waals surface area contributed by atoms with Crippen LogP contribution in [0.25, 0.3) is 0 Å². The van der Waals surface area contributed by atoms with E-state index in [1.807, 2.05) is 7.05 Å². The van der Waals surface area contributed by atoms with E-state index in [0.717, 1.165) is 25.7 Å². The summed E-state index contributed by atoms with van der Waals surface area (Å²) in [5.74, 6) is 0. The molecule has 78 valence electrons. The molecule has 0 spiro atoms. The highest BCUT2D eigenvalue weighted by Crippen LogP contribution is 2.17. The van der Waals surface area contributed by atoms with Crippen molar-refractivity contribution < 1.29 is 5.11 Å². The van der Waals surface area contributed by atoms with Crippen LogP contribution in [0.4, 0.5) is 0 Å². The summed E-state index contributed by atoms with van der Waals surface area (Å²) in [5, 5.41) is 12.2. The van der Waals surface area contributed by atoms with Crippen LogP contribution in [0.1, 0.15) is 25.7 Å². The molecule has 1 aliphatic carbocycles. The van der Waals surface area contributed by atoms with E-state index in [9.17, 15) is 0 Å². The van der Waals surface area contributed by atoms with Gasteiger partial charge in [-0.15, -0.1) is 0 Å². The molecule has 1 rings (SSSR count). The van der Waals surface area contributed by atoms with Gasteiger partial charge in [0, 0.05) is 25.7 Å². The van der Waals surface area contributed by atoms with Crippen LogP contribution in [0.5, 0.6) is 0 Å². The van der Waals surface area contributed by atoms with Crippen molar-refractivity contribution in [3.63, 3.8) is 0 Å². The van der Waals surface area contributed by atoms with Crippen LogP contribution in [0.3, 0.4) is 0 Å². The third kappa shape index (κ3) is 4.60. The molecular formula is C10H22N2O. The number of hydrogen-bond acceptors (Lipinski definition) is 3. The normalized spacial score (nSPS) is 18.7. The summed E-state index contributed by atoms with van der Waals surface area (Å²) >= 11 is 0. The standard InChI is InChI=1S/C10H22N2O/c1-12(8-9-13)7-6-11-10-4-2-3-5-10/h10-11,13H,2-9H2,1H3. The number of hydrogen-bond donors (Lipinski definition) is 2. The Morgan fingerprint density at radius 2 is 2.00 bits per heavy atom. The smallest absolute Gasteiger partial charge is 0.0558 e. The molecule has 0 unspecified atom stereocenters. The predicted octanol–water partition coefficient (Wildman–Crippen LogP) is 0.443. The van der Waals surface area contributed by atoms with Crippen LogP contribution >= 0.6 is 0 Å². The van der Waals surface area contributed by atoms with E-state index in [4.69, 9.17) is 5.11 Å². The zero-order chi connectivity index (χ0) is 9.52. The fourth-order valence-corrected chi connectivity index (χ4v) is 1.87. The largest absolute Gasteiger partial charge is 0.395 e. The zero-order valence-electron chi connectivity index (χ0n) is 8.63. The van der Waals surface area contributed by atoms with E-state index >= 15 is 0 Å². The highest BCUT2D eigenvalue weighted by atomic mass is 16.3. The molecule has 0 aromatic rings. The number of aliphatic hydroxyl groups is 1. The molecule has 0 aromatic carbocycles. The van der Waals surface area contributed by atoms with Gasteiger partial charge in [0.05, 0.1) is 6.61 Å². The third-order valence-electron chi connectivity index (χ3n) is 2.76. The van der Waals surface area contributed by atoms with E-state index in [2.05, 4.69) is 10.2 Å². The molecule has 0 aliphatic heterocycles. The number of rotatable bonds is 6. The van der Waals surface area contributed by atoms with Gasteiger partial charge in [0.15, 0.2) is 0 Å². The van der Waals surface area contributed by atoms with Crippen LogP contribution in [-0.2, 0) is 0 Å². The Labute approximate surface area is 81.1 Å². The highest BCUT2D eigenvalue weighted by Gasteiger charge is 2.13. The van der Waals surface area contributed by atoms with Crippen LogP contribution in [0.15, 0.2) is 0 Å². The van der Waals surface area contributed by atoms with E-state index in [-0.39, 0.29) is 6.61 Å². The molecule has 0 radical (unpaired) electrons. The molecule has 0 heterocycles. The quantitative estimate of drug-likeness (QED) is 0.632. The molecule has 0 atom stereocenters. The average Bonchev–Trinajstić information content (AvgIpc) is 2.57. The first-order chi connectivity index (χ1) is 6.33. The van der Waals surface area contributed by atoms with E-state index in [1.165, 1.54) is 25.7 Å². The van der Waals surface area contributed by atoms with E-state index in [1.54, 1.807) is 0 Å². The number of nitrogens with one attached hydrogen (secondary N) is 1. The van der Waals surface area contributed by atoms with Crippen molar-refractivity contribution >= 4 is 0 Å². The lowest BCUT2D eigenvalue weighted by molar-refractivity contribution is 0.220. The summed E-state index contributed by atoms with van der Waals surface area (Å²) in [6, 6.07) is 0.766. The molecular weight excluding hydrogens is 164 g/mol. The third-order valence-corrected chi connectivity index (χ3v) is 2.76. The SMILES string of the molecule is CN(CCO)CCNC1CCCC1. The molecule has 2 N–H and O–H groups in total. The van der Waals surface area contributed by atoms with Crippen molar-refractivity contribution in [2.24, 2.45) is 0 Å². The minimum Gasteiger partial charge on any atom is -0.395 e. The summed E-state index contributed by atoms with van der Waals surface area (Å²) in [5.41, 5.74) is 0. The fraction of sp³-hybridized carbons (Fsp3) is 1.00. The first-order valence-corrected chi connectivity index (χ1v) is 5.35. The van der Waals surface area contributed by atoms with E-state index in [0.29, 0.717) is 0 Å². The number of aliphatic hydroxyl groups excluding tert-OH is 1. The van der Waals surface area contributed by atoms with Gasteiger partial charge in [0.25, 0.3) is 0 Å². The Balaban J connectivity index is 1.93. The minimum absolute atomic E-state index is 0.264. The van der Waals surface area contributed by atoms with Gasteiger partial charge < -0.3 is 15.3 Å². The Morgan fingerprint density at radius 3 is 2.62 bits per heavy atom. The monoisotopic (exact) mass is 186 g/mol. The lowest BCUT2D eigenvalue weighted by atomic mass is 10.2. The molecule has 1 fully saturated rings. The second-order valence-corrected chi connectivity index (χ2v) is 3.96. The molecule has 1 aliphatic rings. The van der Waals surface area contributed by atoms with Gasteiger partial charge in [0.1, 0.15) is 0 Å². The van der Waals surface area contributed by atoms with E-state index < -0.39 is 0 Å². The van der Waals surface area contributed by atoms with Crippen LogP contribution in [0.2, 0.25) is 0 Å². The maximum Gasteiger partial charge on any atom is 0.0558 e. The molecule has 0 saturated heterocycles. The van der Waals surface area contributed by atoms with Crippen LogP contribution < -0.4 is 5.32 Å². The number of likely N-dealkylation sites (N-methyl/N-ethyl adjacent to an activating group) is 1. The summed E-state index contributed by atoms with van der Waals surface area (Å²) in [6.45, 7) is 3.14. The highest BCUT2D eigenvalue weighted by molar-refractivity contribution is 4.73. The average molecular weight is 186 g/mol. The Hall–Kier alpha value is -0.120. The maximum atomic E-state index is 8.69. The Morgan fingerprint density at radius 1 is 1.31 bits per heavy atom. The Bertz CT molecular complexity index is 124. The fourth-order valence-electron chi connectivity index (χ4n) is 1.87. The summed E-state index contributed by atoms with van der Waals surface area (Å²) < 4.78 is 0. The van der Waals surface area contributed by atoms with Gasteiger partial charge in [-0.25, -0.2) is 0 Å². The van der Waals surface area contributed by atoms with Crippen molar-refractivity contribution in [1.82, 2.24) is 10.2 Å². The first-order valence-electron chi connectivity index (χ1n) is 5.35. The minimum atomic E-state index is 0.264. The summed E-state index contributed by atoms with van der Waals surface area (Å²) in [7, 11) is 2.05. The molecule has 0 aromatic heterocycles. The lowest BCUT2D eigenvalue weighted by Crippen LogP contribution is -2.35. The molecule has 0 amide bonds. The van der Waals surface area contributed by atoms with Gasteiger partial charge in [-0.3, -0.25) is 0 Å². The molecule has 3 heteroatoms. The van der Waals surface area contributed by atoms with Gasteiger partial charge in [-0.05, 0) is 19.9 Å². The summed E-state index contributed by atoms with van der Waals surface area (Å²) in [4.78, 5) is 2.15. The first kappa shape index (κ1) is 11.0. The van der Waals surface area contributed by atoms with Crippen molar-refractivity contribution in [2.75, 3.05) is 33.3 Å². The second-order valence-electron chi connectivity index (χ2n) is 3.96. The Kier molecular flexibility index (Phi) is 5.35. The van der Waals surface area contributed by atoms with Gasteiger partial charge in [0.2, 0.25) is 0 Å². The topological polar surface area (TPSA) is 35.5 Å². The molecule has 1 saturated carbocycles. The maximum absolute atomic E-state index is 8.69. The number of nitrogens with zero attached hydrogens (tertiary/aromatic N) is 1. The van der Waals surface area contributed by atoms with Gasteiger partial charge >= 0.3 is 0 Å². The van der Waals surface area contributed by atoms with Crippen molar-refractivity contribution in [3.8, 4) is 0 Å². The van der Waals surface area contributed by atoms with Crippen molar-refractivity contribution in [2.45, 2.75) is 31.7 Å². The van der Waals surface area contributed by atoms with Crippen LogP contribution in [0, 0.1) is 0 Å². The van der Waals surface area contributed by atoms with Crippen molar-refractivity contribution in [1.29, 1.82) is 0 Å². The van der Waals surface area contributed by atoms with Crippen molar-refractivity contribution in [3.05, 3.63) is 0 Å².